The molecule has 0 aromatic heterocycles. The first-order chi connectivity index (χ1) is 8.90. The third-order valence-corrected chi connectivity index (χ3v) is 3.02. The number of esters is 1. The Morgan fingerprint density at radius 1 is 1.32 bits per heavy atom. The van der Waals surface area contributed by atoms with Crippen LogP contribution in [0.3, 0.4) is 0 Å². The van der Waals surface area contributed by atoms with Crippen molar-refractivity contribution in [1.29, 1.82) is 0 Å². The van der Waals surface area contributed by atoms with Gasteiger partial charge in [0.2, 0.25) is 0 Å². The lowest BCUT2D eigenvalue weighted by Gasteiger charge is -2.27. The van der Waals surface area contributed by atoms with Crippen LogP contribution in [0.25, 0.3) is 0 Å². The van der Waals surface area contributed by atoms with E-state index in [9.17, 15) is 4.79 Å². The van der Waals surface area contributed by atoms with E-state index in [4.69, 9.17) is 9.47 Å². The minimum atomic E-state index is -0.698. The smallest absolute Gasteiger partial charge is 0.325 e. The van der Waals surface area contributed by atoms with Crippen molar-refractivity contribution in [3.63, 3.8) is 0 Å². The largest absolute Gasteiger partial charge is 0.496 e. The molecule has 1 unspecified atom stereocenters. The van der Waals surface area contributed by atoms with E-state index in [0.717, 1.165) is 17.7 Å². The molecule has 0 amide bonds. The highest BCUT2D eigenvalue weighted by molar-refractivity contribution is 5.79. The van der Waals surface area contributed by atoms with Gasteiger partial charge < -0.3 is 9.47 Å². The van der Waals surface area contributed by atoms with Crippen LogP contribution in [0.4, 0.5) is 0 Å². The molecule has 0 aliphatic heterocycles. The van der Waals surface area contributed by atoms with Crippen molar-refractivity contribution in [3.8, 4) is 5.75 Å². The summed E-state index contributed by atoms with van der Waals surface area (Å²) >= 11 is 0. The first-order valence-corrected chi connectivity index (χ1v) is 6.38. The van der Waals surface area contributed by atoms with E-state index >= 15 is 0 Å². The van der Waals surface area contributed by atoms with Gasteiger partial charge in [-0.2, -0.15) is 0 Å². The molecule has 0 spiro atoms. The number of benzene rings is 1. The molecule has 0 radical (unpaired) electrons. The number of nitrogens with one attached hydrogen (secondary N) is 1. The first kappa shape index (κ1) is 15.5. The van der Waals surface area contributed by atoms with Gasteiger partial charge in [-0.05, 0) is 38.8 Å². The van der Waals surface area contributed by atoms with Crippen molar-refractivity contribution in [2.75, 3.05) is 14.2 Å². The van der Waals surface area contributed by atoms with Crippen molar-refractivity contribution in [2.24, 2.45) is 0 Å². The molecular formula is C15H23NO3. The molecule has 106 valence electrons. The summed E-state index contributed by atoms with van der Waals surface area (Å²) in [6.07, 6.45) is 0.782. The third kappa shape index (κ3) is 4.24. The van der Waals surface area contributed by atoms with Crippen LogP contribution in [-0.4, -0.2) is 31.8 Å². The summed E-state index contributed by atoms with van der Waals surface area (Å²) in [5.41, 5.74) is 0.418. The van der Waals surface area contributed by atoms with Gasteiger partial charge in [-0.25, -0.2) is 0 Å². The van der Waals surface area contributed by atoms with E-state index in [1.165, 1.54) is 7.11 Å². The van der Waals surface area contributed by atoms with Crippen molar-refractivity contribution >= 4 is 5.97 Å². The number of carbonyl (C=O) groups is 1. The molecule has 0 fully saturated rings. The van der Waals surface area contributed by atoms with Crippen LogP contribution in [-0.2, 0) is 16.0 Å². The lowest BCUT2D eigenvalue weighted by atomic mass is 10.0. The average molecular weight is 265 g/mol. The monoisotopic (exact) mass is 265 g/mol. The normalized spacial score (nSPS) is 12.9. The van der Waals surface area contributed by atoms with E-state index in [2.05, 4.69) is 5.32 Å². The van der Waals surface area contributed by atoms with Crippen molar-refractivity contribution in [1.82, 2.24) is 5.32 Å². The van der Waals surface area contributed by atoms with Crippen molar-refractivity contribution in [3.05, 3.63) is 29.8 Å². The van der Waals surface area contributed by atoms with Gasteiger partial charge >= 0.3 is 5.97 Å². The molecule has 1 atom stereocenters. The van der Waals surface area contributed by atoms with Crippen LogP contribution in [0, 0.1) is 0 Å². The van der Waals surface area contributed by atoms with Crippen LogP contribution in [0.2, 0.25) is 0 Å². The quantitative estimate of drug-likeness (QED) is 0.801. The van der Waals surface area contributed by atoms with Crippen LogP contribution in [0.15, 0.2) is 24.3 Å². The van der Waals surface area contributed by atoms with Gasteiger partial charge in [-0.3, -0.25) is 10.1 Å². The second-order valence-electron chi connectivity index (χ2n) is 5.18. The molecule has 0 aliphatic carbocycles. The molecule has 4 nitrogen and oxygen atoms in total. The van der Waals surface area contributed by atoms with Crippen LogP contribution < -0.4 is 10.1 Å². The molecule has 0 aliphatic rings. The first-order valence-electron chi connectivity index (χ1n) is 6.38. The molecule has 0 bridgehead atoms. The number of methoxy groups -OCH3 is 2. The molecule has 19 heavy (non-hydrogen) atoms. The van der Waals surface area contributed by atoms with E-state index in [-0.39, 0.29) is 12.0 Å². The average Bonchev–Trinajstić information content (AvgIpc) is 2.37. The zero-order valence-electron chi connectivity index (χ0n) is 12.3. The molecule has 0 heterocycles. The Balaban J connectivity index is 2.70. The minimum Gasteiger partial charge on any atom is -0.496 e. The molecular weight excluding hydrogens is 242 g/mol. The lowest BCUT2D eigenvalue weighted by Crippen LogP contribution is -2.51. The topological polar surface area (TPSA) is 47.6 Å². The molecule has 1 rings (SSSR count). The number of hydrogen-bond acceptors (Lipinski definition) is 4. The van der Waals surface area contributed by atoms with Crippen molar-refractivity contribution < 1.29 is 14.3 Å². The summed E-state index contributed by atoms with van der Waals surface area (Å²) in [6, 6.07) is 8.02. The molecule has 0 saturated carbocycles. The minimum absolute atomic E-state index is 0.130. The van der Waals surface area contributed by atoms with Gasteiger partial charge in [0, 0.05) is 6.04 Å². The van der Waals surface area contributed by atoms with Crippen LogP contribution in [0.1, 0.15) is 26.3 Å². The third-order valence-electron chi connectivity index (χ3n) is 3.02. The molecule has 0 saturated heterocycles. The number of ether oxygens (including phenoxy) is 2. The number of hydrogen-bond donors (Lipinski definition) is 1. The van der Waals surface area contributed by atoms with Gasteiger partial charge in [-0.15, -0.1) is 0 Å². The maximum absolute atomic E-state index is 11.6. The molecule has 1 aromatic carbocycles. The Labute approximate surface area is 115 Å². The predicted octanol–water partition coefficient (Wildman–Crippen LogP) is 2.17. The highest BCUT2D eigenvalue weighted by Gasteiger charge is 2.29. The molecule has 4 heteroatoms. The van der Waals surface area contributed by atoms with Crippen LogP contribution >= 0.6 is 0 Å². The fourth-order valence-electron chi connectivity index (χ4n) is 2.18. The second kappa shape index (κ2) is 6.57. The summed E-state index contributed by atoms with van der Waals surface area (Å²) in [6.45, 7) is 5.67. The highest BCUT2D eigenvalue weighted by atomic mass is 16.5. The van der Waals surface area contributed by atoms with Crippen molar-refractivity contribution in [2.45, 2.75) is 38.8 Å². The summed E-state index contributed by atoms with van der Waals surface area (Å²) in [5, 5.41) is 3.28. The maximum atomic E-state index is 11.6. The van der Waals surface area contributed by atoms with E-state index < -0.39 is 5.54 Å². The van der Waals surface area contributed by atoms with Gasteiger partial charge in [0.15, 0.2) is 0 Å². The number of para-hydroxylation sites is 1. The SMILES string of the molecule is COC(=O)C(C)(C)NC(C)Cc1ccccc1OC. The van der Waals surface area contributed by atoms with Crippen LogP contribution in [0.5, 0.6) is 5.75 Å². The van der Waals surface area contributed by atoms with E-state index in [1.54, 1.807) is 7.11 Å². The summed E-state index contributed by atoms with van der Waals surface area (Å²) < 4.78 is 10.1. The fourth-order valence-corrected chi connectivity index (χ4v) is 2.18. The fraction of sp³-hybridized carbons (Fsp3) is 0.533. The van der Waals surface area contributed by atoms with Gasteiger partial charge in [0.05, 0.1) is 14.2 Å². The van der Waals surface area contributed by atoms with E-state index in [0.29, 0.717) is 0 Å². The number of rotatable bonds is 6. The highest BCUT2D eigenvalue weighted by Crippen LogP contribution is 2.19. The Hall–Kier alpha value is -1.55. The molecule has 1 aromatic rings. The summed E-state index contributed by atoms with van der Waals surface area (Å²) in [4.78, 5) is 11.6. The standard InChI is InChI=1S/C15H23NO3/c1-11(16-15(2,3)14(17)19-5)10-12-8-6-7-9-13(12)18-4/h6-9,11,16H,10H2,1-5H3. The summed E-state index contributed by atoms with van der Waals surface area (Å²) in [7, 11) is 3.06. The van der Waals surface area contributed by atoms with Gasteiger partial charge in [-0.1, -0.05) is 18.2 Å². The summed E-state index contributed by atoms with van der Waals surface area (Å²) in [5.74, 6) is 0.603. The van der Waals surface area contributed by atoms with Gasteiger partial charge in [0.25, 0.3) is 0 Å². The maximum Gasteiger partial charge on any atom is 0.325 e. The Morgan fingerprint density at radius 2 is 1.95 bits per heavy atom. The zero-order valence-corrected chi connectivity index (χ0v) is 12.3. The van der Waals surface area contributed by atoms with E-state index in [1.807, 2.05) is 45.0 Å². The Kier molecular flexibility index (Phi) is 5.36. The zero-order chi connectivity index (χ0) is 14.5. The van der Waals surface area contributed by atoms with Gasteiger partial charge in [0.1, 0.15) is 11.3 Å². The lowest BCUT2D eigenvalue weighted by molar-refractivity contribution is -0.147. The number of carbonyl (C=O) groups excluding carboxylic acids is 1. The molecule has 1 N–H and O–H groups in total. The second-order valence-corrected chi connectivity index (χ2v) is 5.18. The predicted molar refractivity (Wildman–Crippen MR) is 75.4 cm³/mol. The Morgan fingerprint density at radius 3 is 2.53 bits per heavy atom. The Bertz CT molecular complexity index is 429.